The van der Waals surface area contributed by atoms with Crippen molar-refractivity contribution in [3.05, 3.63) is 30.1 Å². The highest BCUT2D eigenvalue weighted by molar-refractivity contribution is 5.94. The summed E-state index contributed by atoms with van der Waals surface area (Å²) in [5.41, 5.74) is 0.0777. The SMILES string of the molecule is CNC(=O)C1(C)CCCN(C(=O)c2cccnc2)C1. The molecule has 0 spiro atoms. The lowest BCUT2D eigenvalue weighted by molar-refractivity contribution is -0.132. The Balaban J connectivity index is 2.14. The summed E-state index contributed by atoms with van der Waals surface area (Å²) in [5.74, 6) is -0.0564. The maximum absolute atomic E-state index is 12.4. The number of amides is 2. The summed E-state index contributed by atoms with van der Waals surface area (Å²) in [7, 11) is 1.63. The molecule has 19 heavy (non-hydrogen) atoms. The van der Waals surface area contributed by atoms with Gasteiger partial charge in [-0.05, 0) is 31.9 Å². The second-order valence-corrected chi connectivity index (χ2v) is 5.21. The van der Waals surface area contributed by atoms with E-state index < -0.39 is 5.41 Å². The molecular weight excluding hydrogens is 242 g/mol. The van der Waals surface area contributed by atoms with Gasteiger partial charge in [-0.15, -0.1) is 0 Å². The summed E-state index contributed by atoms with van der Waals surface area (Å²) in [6.07, 6.45) is 4.86. The highest BCUT2D eigenvalue weighted by atomic mass is 16.2. The fourth-order valence-corrected chi connectivity index (χ4v) is 2.57. The van der Waals surface area contributed by atoms with Crippen LogP contribution in [0.25, 0.3) is 0 Å². The Hall–Kier alpha value is -1.91. The fraction of sp³-hybridized carbons (Fsp3) is 0.500. The molecule has 1 N–H and O–H groups in total. The van der Waals surface area contributed by atoms with Gasteiger partial charge < -0.3 is 10.2 Å². The summed E-state index contributed by atoms with van der Waals surface area (Å²) in [6.45, 7) is 3.06. The van der Waals surface area contributed by atoms with Gasteiger partial charge in [0.25, 0.3) is 5.91 Å². The van der Waals surface area contributed by atoms with Gasteiger partial charge >= 0.3 is 0 Å². The van der Waals surface area contributed by atoms with Crippen molar-refractivity contribution in [1.29, 1.82) is 0 Å². The first-order valence-electron chi connectivity index (χ1n) is 6.48. The number of hydrogen-bond acceptors (Lipinski definition) is 3. The zero-order valence-electron chi connectivity index (χ0n) is 11.3. The molecule has 5 nitrogen and oxygen atoms in total. The van der Waals surface area contributed by atoms with Gasteiger partial charge in [-0.2, -0.15) is 0 Å². The molecule has 102 valence electrons. The highest BCUT2D eigenvalue weighted by Crippen LogP contribution is 2.30. The molecule has 0 radical (unpaired) electrons. The Morgan fingerprint density at radius 1 is 1.47 bits per heavy atom. The van der Waals surface area contributed by atoms with Crippen LogP contribution in [-0.4, -0.2) is 41.8 Å². The predicted octanol–water partition coefficient (Wildman–Crippen LogP) is 1.07. The molecule has 0 bridgehead atoms. The Morgan fingerprint density at radius 2 is 2.26 bits per heavy atom. The number of piperidine rings is 1. The molecule has 2 heterocycles. The Labute approximate surface area is 113 Å². The molecule has 1 saturated heterocycles. The zero-order valence-corrected chi connectivity index (χ0v) is 11.3. The van der Waals surface area contributed by atoms with Gasteiger partial charge in [0.15, 0.2) is 0 Å². The van der Waals surface area contributed by atoms with E-state index in [2.05, 4.69) is 10.3 Å². The molecule has 2 amide bonds. The molecule has 0 aliphatic carbocycles. The predicted molar refractivity (Wildman–Crippen MR) is 71.5 cm³/mol. The standard InChI is InChI=1S/C14H19N3O2/c1-14(13(19)15-2)6-4-8-17(10-14)12(18)11-5-3-7-16-9-11/h3,5,7,9H,4,6,8,10H2,1-2H3,(H,15,19). The van der Waals surface area contributed by atoms with Crippen LogP contribution in [0.5, 0.6) is 0 Å². The van der Waals surface area contributed by atoms with Gasteiger partial charge in [-0.1, -0.05) is 0 Å². The van der Waals surface area contributed by atoms with Crippen LogP contribution in [0.2, 0.25) is 0 Å². The maximum atomic E-state index is 12.4. The molecule has 1 unspecified atom stereocenters. The quantitative estimate of drug-likeness (QED) is 0.866. The van der Waals surface area contributed by atoms with Crippen molar-refractivity contribution in [3.8, 4) is 0 Å². The van der Waals surface area contributed by atoms with E-state index in [4.69, 9.17) is 0 Å². The number of hydrogen-bond donors (Lipinski definition) is 1. The first-order valence-corrected chi connectivity index (χ1v) is 6.48. The largest absolute Gasteiger partial charge is 0.359 e. The van der Waals surface area contributed by atoms with Gasteiger partial charge in [0.05, 0.1) is 11.0 Å². The summed E-state index contributed by atoms with van der Waals surface area (Å²) in [5, 5.41) is 2.69. The Kier molecular flexibility index (Phi) is 3.83. The number of likely N-dealkylation sites (tertiary alicyclic amines) is 1. The minimum Gasteiger partial charge on any atom is -0.359 e. The molecule has 0 saturated carbocycles. The summed E-state index contributed by atoms with van der Waals surface area (Å²) >= 11 is 0. The van der Waals surface area contributed by atoms with Crippen LogP contribution in [0.15, 0.2) is 24.5 Å². The van der Waals surface area contributed by atoms with E-state index in [9.17, 15) is 9.59 Å². The van der Waals surface area contributed by atoms with Gasteiger partial charge in [0.1, 0.15) is 0 Å². The average Bonchev–Trinajstić information content (AvgIpc) is 2.46. The van der Waals surface area contributed by atoms with E-state index in [-0.39, 0.29) is 11.8 Å². The number of carbonyl (C=O) groups excluding carboxylic acids is 2. The number of nitrogens with one attached hydrogen (secondary N) is 1. The third-order valence-electron chi connectivity index (χ3n) is 3.67. The topological polar surface area (TPSA) is 62.3 Å². The van der Waals surface area contributed by atoms with E-state index in [0.717, 1.165) is 12.8 Å². The fourth-order valence-electron chi connectivity index (χ4n) is 2.57. The van der Waals surface area contributed by atoms with E-state index in [1.165, 1.54) is 0 Å². The smallest absolute Gasteiger partial charge is 0.255 e. The molecule has 1 aromatic heterocycles. The molecule has 2 rings (SSSR count). The van der Waals surface area contributed by atoms with Crippen molar-refractivity contribution < 1.29 is 9.59 Å². The lowest BCUT2D eigenvalue weighted by atomic mass is 9.81. The number of pyridine rings is 1. The molecule has 1 aromatic rings. The normalized spacial score (nSPS) is 22.9. The first-order chi connectivity index (χ1) is 9.07. The van der Waals surface area contributed by atoms with E-state index in [0.29, 0.717) is 18.7 Å². The highest BCUT2D eigenvalue weighted by Gasteiger charge is 2.38. The van der Waals surface area contributed by atoms with Gasteiger partial charge in [-0.25, -0.2) is 0 Å². The lowest BCUT2D eigenvalue weighted by Crippen LogP contribution is -2.51. The average molecular weight is 261 g/mol. The minimum atomic E-state index is -0.495. The van der Waals surface area contributed by atoms with Crippen LogP contribution < -0.4 is 5.32 Å². The molecular formula is C14H19N3O2. The third kappa shape index (κ3) is 2.75. The first kappa shape index (κ1) is 13.5. The van der Waals surface area contributed by atoms with Crippen LogP contribution in [0.3, 0.4) is 0 Å². The van der Waals surface area contributed by atoms with Crippen LogP contribution in [-0.2, 0) is 4.79 Å². The zero-order chi connectivity index (χ0) is 13.9. The van der Waals surface area contributed by atoms with E-state index in [1.54, 1.807) is 36.5 Å². The maximum Gasteiger partial charge on any atom is 0.255 e. The van der Waals surface area contributed by atoms with Gasteiger partial charge in [-0.3, -0.25) is 14.6 Å². The van der Waals surface area contributed by atoms with Crippen molar-refractivity contribution in [3.63, 3.8) is 0 Å². The van der Waals surface area contributed by atoms with E-state index >= 15 is 0 Å². The van der Waals surface area contributed by atoms with Gasteiger partial charge in [0.2, 0.25) is 5.91 Å². The number of nitrogens with zero attached hydrogens (tertiary/aromatic N) is 2. The summed E-state index contributed by atoms with van der Waals surface area (Å²) in [6, 6.07) is 3.50. The Bertz CT molecular complexity index is 475. The second kappa shape index (κ2) is 5.38. The monoisotopic (exact) mass is 261 g/mol. The second-order valence-electron chi connectivity index (χ2n) is 5.21. The molecule has 1 aliphatic heterocycles. The van der Waals surface area contributed by atoms with Crippen molar-refractivity contribution in [2.45, 2.75) is 19.8 Å². The molecule has 5 heteroatoms. The van der Waals surface area contributed by atoms with Crippen LogP contribution in [0, 0.1) is 5.41 Å². The van der Waals surface area contributed by atoms with Crippen molar-refractivity contribution in [2.75, 3.05) is 20.1 Å². The van der Waals surface area contributed by atoms with Gasteiger partial charge in [0, 0.05) is 32.5 Å². The van der Waals surface area contributed by atoms with Crippen molar-refractivity contribution in [1.82, 2.24) is 15.2 Å². The van der Waals surface area contributed by atoms with E-state index in [1.807, 2.05) is 6.92 Å². The molecule has 1 atom stereocenters. The lowest BCUT2D eigenvalue weighted by Gasteiger charge is -2.39. The molecule has 1 aliphatic rings. The minimum absolute atomic E-state index is 0.00353. The Morgan fingerprint density at radius 3 is 2.89 bits per heavy atom. The van der Waals surface area contributed by atoms with Crippen LogP contribution >= 0.6 is 0 Å². The number of rotatable bonds is 2. The molecule has 0 aromatic carbocycles. The number of aromatic nitrogens is 1. The van der Waals surface area contributed by atoms with Crippen LogP contribution in [0.4, 0.5) is 0 Å². The third-order valence-corrected chi connectivity index (χ3v) is 3.67. The van der Waals surface area contributed by atoms with Crippen molar-refractivity contribution in [2.24, 2.45) is 5.41 Å². The molecule has 1 fully saturated rings. The van der Waals surface area contributed by atoms with Crippen LogP contribution in [0.1, 0.15) is 30.1 Å². The number of carbonyl (C=O) groups is 2. The van der Waals surface area contributed by atoms with Crippen molar-refractivity contribution >= 4 is 11.8 Å². The summed E-state index contributed by atoms with van der Waals surface area (Å²) < 4.78 is 0. The summed E-state index contributed by atoms with van der Waals surface area (Å²) in [4.78, 5) is 30.0.